The molecule has 23 heavy (non-hydrogen) atoms. The monoisotopic (exact) mass is 312 g/mol. The number of aryl methyl sites for hydroxylation is 1. The fraction of sp³-hybridized carbons (Fsp3) is 0.421. The van der Waals surface area contributed by atoms with Gasteiger partial charge in [-0.1, -0.05) is 12.1 Å². The Balaban J connectivity index is 1.61. The lowest BCUT2D eigenvalue weighted by molar-refractivity contribution is 0.0951. The highest BCUT2D eigenvalue weighted by molar-refractivity contribution is 5.96. The zero-order valence-electron chi connectivity index (χ0n) is 14.1. The quantitative estimate of drug-likeness (QED) is 0.888. The molecule has 0 radical (unpaired) electrons. The van der Waals surface area contributed by atoms with Gasteiger partial charge < -0.3 is 14.6 Å². The number of nitrogens with one attached hydrogen (secondary N) is 1. The van der Waals surface area contributed by atoms with E-state index in [9.17, 15) is 4.79 Å². The molecule has 2 aromatic rings. The van der Waals surface area contributed by atoms with Crippen molar-refractivity contribution in [3.8, 4) is 5.75 Å². The minimum atomic E-state index is -0.0848. The number of carbonyl (C=O) groups is 1. The summed E-state index contributed by atoms with van der Waals surface area (Å²) in [5.74, 6) is 0.523. The second-order valence-electron chi connectivity index (χ2n) is 6.20. The maximum Gasteiger partial charge on any atom is 0.255 e. The number of rotatable bonds is 6. The maximum absolute atomic E-state index is 12.3. The van der Waals surface area contributed by atoms with Gasteiger partial charge in [-0.15, -0.1) is 0 Å². The molecule has 1 aliphatic carbocycles. The van der Waals surface area contributed by atoms with E-state index in [-0.39, 0.29) is 5.91 Å². The topological polar surface area (TPSA) is 43.3 Å². The number of para-hydroxylation sites is 1. The molecule has 0 aliphatic heterocycles. The smallest absolute Gasteiger partial charge is 0.255 e. The maximum atomic E-state index is 12.3. The molecule has 3 rings (SSSR count). The molecule has 0 spiro atoms. The number of benzene rings is 1. The van der Waals surface area contributed by atoms with E-state index in [0.29, 0.717) is 23.9 Å². The molecule has 1 N–H and O–H groups in total. The van der Waals surface area contributed by atoms with Crippen LogP contribution >= 0.6 is 0 Å². The summed E-state index contributed by atoms with van der Waals surface area (Å²) in [4.78, 5) is 12.3. The van der Waals surface area contributed by atoms with Crippen molar-refractivity contribution in [3.05, 3.63) is 52.8 Å². The van der Waals surface area contributed by atoms with Crippen LogP contribution in [0.25, 0.3) is 0 Å². The molecule has 1 aromatic heterocycles. The minimum Gasteiger partial charge on any atom is -0.496 e. The lowest BCUT2D eigenvalue weighted by Crippen LogP contribution is -2.26. The Labute approximate surface area is 137 Å². The van der Waals surface area contributed by atoms with Gasteiger partial charge in [-0.05, 0) is 56.9 Å². The summed E-state index contributed by atoms with van der Waals surface area (Å²) >= 11 is 0. The summed E-state index contributed by atoms with van der Waals surface area (Å²) in [5, 5.41) is 2.99. The highest BCUT2D eigenvalue weighted by atomic mass is 16.5. The Morgan fingerprint density at radius 1 is 1.30 bits per heavy atom. The average Bonchev–Trinajstić information content (AvgIpc) is 3.34. The molecule has 0 unspecified atom stereocenters. The highest BCUT2D eigenvalue weighted by Crippen LogP contribution is 2.38. The summed E-state index contributed by atoms with van der Waals surface area (Å²) < 4.78 is 7.68. The number of hydrogen-bond acceptors (Lipinski definition) is 2. The molecule has 1 aliphatic rings. The van der Waals surface area contributed by atoms with Crippen molar-refractivity contribution < 1.29 is 9.53 Å². The molecule has 1 fully saturated rings. The predicted octanol–water partition coefficient (Wildman–Crippen LogP) is 3.42. The lowest BCUT2D eigenvalue weighted by Gasteiger charge is -2.10. The van der Waals surface area contributed by atoms with Gasteiger partial charge in [-0.2, -0.15) is 0 Å². The molecule has 4 nitrogen and oxygen atoms in total. The number of carbonyl (C=O) groups excluding carboxylic acids is 1. The SMILES string of the molecule is COc1ccccc1C(=O)NCCc1cc(C)n(C2CC2)c1C. The number of hydrogen-bond donors (Lipinski definition) is 1. The van der Waals surface area contributed by atoms with E-state index in [2.05, 4.69) is 29.8 Å². The van der Waals surface area contributed by atoms with Gasteiger partial charge in [0, 0.05) is 24.0 Å². The van der Waals surface area contributed by atoms with Crippen LogP contribution in [-0.4, -0.2) is 24.1 Å². The van der Waals surface area contributed by atoms with Crippen LogP contribution < -0.4 is 10.1 Å². The van der Waals surface area contributed by atoms with E-state index in [1.54, 1.807) is 19.2 Å². The molecule has 4 heteroatoms. The summed E-state index contributed by atoms with van der Waals surface area (Å²) in [6, 6.07) is 10.3. The van der Waals surface area contributed by atoms with E-state index in [0.717, 1.165) is 6.42 Å². The van der Waals surface area contributed by atoms with Crippen LogP contribution in [0.3, 0.4) is 0 Å². The molecule has 1 amide bonds. The van der Waals surface area contributed by atoms with Crippen LogP contribution in [0.1, 0.15) is 46.2 Å². The van der Waals surface area contributed by atoms with E-state index in [1.807, 2.05) is 12.1 Å². The fourth-order valence-electron chi connectivity index (χ4n) is 3.23. The van der Waals surface area contributed by atoms with E-state index >= 15 is 0 Å². The number of methoxy groups -OCH3 is 1. The number of aromatic nitrogens is 1. The van der Waals surface area contributed by atoms with E-state index in [4.69, 9.17) is 4.74 Å². The first-order valence-electron chi connectivity index (χ1n) is 8.20. The first-order valence-corrected chi connectivity index (χ1v) is 8.20. The number of nitrogens with zero attached hydrogens (tertiary/aromatic N) is 1. The third kappa shape index (κ3) is 3.26. The third-order valence-electron chi connectivity index (χ3n) is 4.53. The van der Waals surface area contributed by atoms with Gasteiger partial charge in [0.05, 0.1) is 12.7 Å². The standard InChI is InChI=1S/C19H24N2O2/c1-13-12-15(14(2)21(13)16-8-9-16)10-11-20-19(22)17-6-4-5-7-18(17)23-3/h4-7,12,16H,8-11H2,1-3H3,(H,20,22). The highest BCUT2D eigenvalue weighted by Gasteiger charge is 2.26. The Morgan fingerprint density at radius 3 is 2.74 bits per heavy atom. The van der Waals surface area contributed by atoms with Crippen LogP contribution in [0.4, 0.5) is 0 Å². The molecule has 0 atom stereocenters. The summed E-state index contributed by atoms with van der Waals surface area (Å²) in [6.45, 7) is 4.98. The first kappa shape index (κ1) is 15.7. The van der Waals surface area contributed by atoms with Crippen LogP contribution in [0, 0.1) is 13.8 Å². The largest absolute Gasteiger partial charge is 0.496 e. The van der Waals surface area contributed by atoms with Crippen LogP contribution in [0.2, 0.25) is 0 Å². The fourth-order valence-corrected chi connectivity index (χ4v) is 3.23. The van der Waals surface area contributed by atoms with Gasteiger partial charge in [0.15, 0.2) is 0 Å². The van der Waals surface area contributed by atoms with Gasteiger partial charge >= 0.3 is 0 Å². The molecule has 1 saturated carbocycles. The van der Waals surface area contributed by atoms with Crippen LogP contribution in [-0.2, 0) is 6.42 Å². The van der Waals surface area contributed by atoms with Gasteiger partial charge in [0.2, 0.25) is 0 Å². The molecular weight excluding hydrogens is 288 g/mol. The molecule has 0 bridgehead atoms. The molecule has 1 aromatic carbocycles. The summed E-state index contributed by atoms with van der Waals surface area (Å²) in [6.07, 6.45) is 3.44. The van der Waals surface area contributed by atoms with Crippen molar-refractivity contribution in [2.45, 2.75) is 39.2 Å². The molecular formula is C19H24N2O2. The van der Waals surface area contributed by atoms with E-state index in [1.165, 1.54) is 29.8 Å². The molecule has 1 heterocycles. The van der Waals surface area contributed by atoms with Gasteiger partial charge in [0.1, 0.15) is 5.75 Å². The second-order valence-corrected chi connectivity index (χ2v) is 6.20. The number of amides is 1. The van der Waals surface area contributed by atoms with Gasteiger partial charge in [-0.25, -0.2) is 0 Å². The summed E-state index contributed by atoms with van der Waals surface area (Å²) in [5.41, 5.74) is 4.58. The zero-order chi connectivity index (χ0) is 16.4. The Bertz CT molecular complexity index is 714. The zero-order valence-corrected chi connectivity index (χ0v) is 14.1. The number of ether oxygens (including phenoxy) is 1. The van der Waals surface area contributed by atoms with Gasteiger partial charge in [-0.3, -0.25) is 4.79 Å². The van der Waals surface area contributed by atoms with Crippen molar-refractivity contribution in [3.63, 3.8) is 0 Å². The van der Waals surface area contributed by atoms with E-state index < -0.39 is 0 Å². The van der Waals surface area contributed by atoms with Crippen LogP contribution in [0.15, 0.2) is 30.3 Å². The normalized spacial score (nSPS) is 13.9. The predicted molar refractivity (Wildman–Crippen MR) is 91.2 cm³/mol. The van der Waals surface area contributed by atoms with Gasteiger partial charge in [0.25, 0.3) is 5.91 Å². The van der Waals surface area contributed by atoms with Crippen molar-refractivity contribution in [2.75, 3.05) is 13.7 Å². The molecule has 122 valence electrons. The van der Waals surface area contributed by atoms with Crippen molar-refractivity contribution in [2.24, 2.45) is 0 Å². The Kier molecular flexibility index (Phi) is 4.42. The van der Waals surface area contributed by atoms with Crippen LogP contribution in [0.5, 0.6) is 5.75 Å². The van der Waals surface area contributed by atoms with Crippen molar-refractivity contribution >= 4 is 5.91 Å². The Hall–Kier alpha value is -2.23. The second kappa shape index (κ2) is 6.49. The minimum absolute atomic E-state index is 0.0848. The lowest BCUT2D eigenvalue weighted by atomic mass is 10.1. The van der Waals surface area contributed by atoms with Crippen molar-refractivity contribution in [1.82, 2.24) is 9.88 Å². The average molecular weight is 312 g/mol. The first-order chi connectivity index (χ1) is 11.1. The molecule has 0 saturated heterocycles. The Morgan fingerprint density at radius 2 is 2.04 bits per heavy atom. The van der Waals surface area contributed by atoms with Crippen molar-refractivity contribution in [1.29, 1.82) is 0 Å². The third-order valence-corrected chi connectivity index (χ3v) is 4.53. The summed E-state index contributed by atoms with van der Waals surface area (Å²) in [7, 11) is 1.58.